The number of phosphoric acid groups is 3. The normalized spacial score (nSPS) is 24.3. The topological polar surface area (TPSA) is 421 Å². The number of aliphatic hydroxyl groups excluding tert-OH is 4. The van der Waals surface area contributed by atoms with Crippen LogP contribution < -0.4 is 16.4 Å². The molecule has 2 amide bonds. The summed E-state index contributed by atoms with van der Waals surface area (Å²) in [7, 11) is -16.5. The third kappa shape index (κ3) is 20.2. The van der Waals surface area contributed by atoms with Crippen LogP contribution in [0.3, 0.4) is 0 Å². The van der Waals surface area contributed by atoms with Crippen molar-refractivity contribution in [2.75, 3.05) is 37.8 Å². The molecule has 1 saturated heterocycles. The summed E-state index contributed by atoms with van der Waals surface area (Å²) < 4.78 is 62.4. The number of nitrogen functional groups attached to an aromatic ring is 1. The highest BCUT2D eigenvalue weighted by Crippen LogP contribution is 2.61. The van der Waals surface area contributed by atoms with Crippen LogP contribution in [0.5, 0.6) is 0 Å². The fourth-order valence-electron chi connectivity index (χ4n) is 7.39. The Bertz CT molecular complexity index is 2490. The third-order valence-corrected chi connectivity index (χ3v) is 15.5. The van der Waals surface area contributed by atoms with Crippen molar-refractivity contribution in [3.8, 4) is 0 Å². The molecule has 1 aliphatic carbocycles. The number of carbonyl (C=O) groups is 4. The molecule has 31 heteroatoms. The number of nitrogens with one attached hydrogen (secondary N) is 2. The summed E-state index contributed by atoms with van der Waals surface area (Å²) in [5.41, 5.74) is 4.23. The van der Waals surface area contributed by atoms with Crippen LogP contribution in [0.1, 0.15) is 78.4 Å². The number of hydrogen-bond donors (Lipinski definition) is 11. The largest absolute Gasteiger partial charge is 0.481 e. The minimum absolute atomic E-state index is 0.0201. The van der Waals surface area contributed by atoms with Gasteiger partial charge in [0.15, 0.2) is 22.8 Å². The first-order valence-corrected chi connectivity index (χ1v) is 28.8. The summed E-state index contributed by atoms with van der Waals surface area (Å²) in [5.74, 6) is -1.80. The van der Waals surface area contributed by atoms with Crippen molar-refractivity contribution in [3.63, 3.8) is 0 Å². The van der Waals surface area contributed by atoms with Gasteiger partial charge < -0.3 is 61.1 Å². The number of hydrogen-bond acceptors (Lipinski definition) is 21. The third-order valence-electron chi connectivity index (χ3n) is 11.4. The highest BCUT2D eigenvalue weighted by atomic mass is 32.2. The van der Waals surface area contributed by atoms with Gasteiger partial charge in [-0.15, -0.1) is 0 Å². The van der Waals surface area contributed by atoms with Gasteiger partial charge in [-0.1, -0.05) is 81.1 Å². The molecule has 2 aromatic rings. The molecule has 0 radical (unpaired) electrons. The number of nitrogens with two attached hydrogens (primary N) is 1. The second kappa shape index (κ2) is 29.0. The number of aromatic nitrogens is 4. The van der Waals surface area contributed by atoms with Crippen molar-refractivity contribution >= 4 is 74.9 Å². The standard InChI is InChI=1S/C43H66N7O20P3S/c1-4-27(51)16-17-29-28(30(52)22-31(29)53)14-12-10-8-6-5-7-9-11-13-15-34(55)74-21-20-45-33(54)18-19-46-41(58)38(57)43(2,3)24-67-73(64,65)70-72(62,63)66-23-32-37(69-71(59,60)61)36(56)42(68-32)50-26-49-35-39(44)47-25-48-40(35)50/h5-6,9-12,16-17,25-29,31-32,36-38,42,51,53,56-57H,4,7-8,13-15,18-24H2,1-3H3,(H,45,54)(H,46,58)(H,62,63)(H,64,65)(H2,44,47,48)(H2,59,60,61)/b6-5+,11-9+,12-10+,17-16+. The lowest BCUT2D eigenvalue weighted by Crippen LogP contribution is -2.46. The Morgan fingerprint density at radius 1 is 0.959 bits per heavy atom. The Balaban J connectivity index is 1.08. The van der Waals surface area contributed by atoms with Crippen molar-refractivity contribution in [1.82, 2.24) is 30.2 Å². The lowest BCUT2D eigenvalue weighted by atomic mass is 9.87. The summed E-state index contributed by atoms with van der Waals surface area (Å²) >= 11 is 1.06. The zero-order valence-corrected chi connectivity index (χ0v) is 44.3. The van der Waals surface area contributed by atoms with Crippen molar-refractivity contribution < 1.29 is 95.5 Å². The van der Waals surface area contributed by atoms with Gasteiger partial charge in [-0.2, -0.15) is 4.31 Å². The van der Waals surface area contributed by atoms with Crippen molar-refractivity contribution in [2.45, 2.75) is 115 Å². The van der Waals surface area contributed by atoms with Gasteiger partial charge in [-0.25, -0.2) is 28.6 Å². The van der Waals surface area contributed by atoms with Crippen molar-refractivity contribution in [2.24, 2.45) is 17.3 Å². The van der Waals surface area contributed by atoms with Crippen molar-refractivity contribution in [3.05, 3.63) is 61.3 Å². The molecule has 11 atom stereocenters. The number of imidazole rings is 1. The molecule has 0 bridgehead atoms. The molecular formula is C43H66N7O20P3S. The Hall–Kier alpha value is -3.89. The molecule has 0 aromatic carbocycles. The average molecular weight is 1130 g/mol. The zero-order valence-electron chi connectivity index (χ0n) is 40.8. The van der Waals surface area contributed by atoms with E-state index < -0.39 is 96.8 Å². The quantitative estimate of drug-likeness (QED) is 0.0293. The van der Waals surface area contributed by atoms with Crippen LogP contribution in [-0.2, 0) is 55.5 Å². The predicted molar refractivity (Wildman–Crippen MR) is 266 cm³/mol. The number of fused-ring (bicyclic) bond motifs is 1. The van der Waals surface area contributed by atoms with E-state index in [9.17, 15) is 72.9 Å². The summed E-state index contributed by atoms with van der Waals surface area (Å²) in [5, 5.41) is 46.5. The second-order valence-corrected chi connectivity index (χ2v) is 23.1. The van der Waals surface area contributed by atoms with Gasteiger partial charge in [-0.3, -0.25) is 37.3 Å². The molecule has 1 saturated carbocycles. The average Bonchev–Trinajstić information content (AvgIpc) is 3.97. The van der Waals surface area contributed by atoms with E-state index in [2.05, 4.69) is 34.4 Å². The number of ether oxygens (including phenoxy) is 1. The lowest BCUT2D eigenvalue weighted by molar-refractivity contribution is -0.137. The first kappa shape index (κ1) is 62.6. The molecule has 4 rings (SSSR count). The molecule has 2 fully saturated rings. The number of Topliss-reactive ketones (excluding diaryl/α,β-unsaturated/α-hetero) is 1. The molecule has 11 unspecified atom stereocenters. The molecule has 2 aliphatic rings. The van der Waals surface area contributed by atoms with E-state index in [1.807, 2.05) is 43.4 Å². The summed E-state index contributed by atoms with van der Waals surface area (Å²) in [4.78, 5) is 101. The fourth-order valence-corrected chi connectivity index (χ4v) is 10.9. The van der Waals surface area contributed by atoms with E-state index in [1.54, 1.807) is 12.2 Å². The Morgan fingerprint density at radius 3 is 2.32 bits per heavy atom. The van der Waals surface area contributed by atoms with Gasteiger partial charge in [0.25, 0.3) is 0 Å². The number of amides is 2. The number of phosphoric ester groups is 3. The van der Waals surface area contributed by atoms with Gasteiger partial charge in [0, 0.05) is 55.4 Å². The van der Waals surface area contributed by atoms with Crippen LogP contribution in [0.2, 0.25) is 0 Å². The molecule has 74 heavy (non-hydrogen) atoms. The number of allylic oxidation sites excluding steroid dienone is 6. The highest BCUT2D eigenvalue weighted by molar-refractivity contribution is 8.13. The summed E-state index contributed by atoms with van der Waals surface area (Å²) in [6.45, 7) is 2.23. The van der Waals surface area contributed by atoms with Crippen LogP contribution in [0, 0.1) is 17.3 Å². The smallest absolute Gasteiger partial charge is 0.392 e. The molecule has 27 nitrogen and oxygen atoms in total. The van der Waals surface area contributed by atoms with Crippen LogP contribution in [0.25, 0.3) is 11.2 Å². The minimum Gasteiger partial charge on any atom is -0.392 e. The van der Waals surface area contributed by atoms with Gasteiger partial charge >= 0.3 is 23.5 Å². The van der Waals surface area contributed by atoms with Crippen molar-refractivity contribution in [1.29, 1.82) is 0 Å². The number of ketones is 1. The molecule has 2 aromatic heterocycles. The Labute approximate surface area is 430 Å². The van der Waals surface area contributed by atoms with Gasteiger partial charge in [0.05, 0.1) is 31.7 Å². The Kier molecular flexibility index (Phi) is 24.6. The molecule has 414 valence electrons. The predicted octanol–water partition coefficient (Wildman–Crippen LogP) is 2.18. The zero-order chi connectivity index (χ0) is 54.9. The number of aliphatic hydroxyl groups is 4. The first-order valence-electron chi connectivity index (χ1n) is 23.3. The first-order chi connectivity index (χ1) is 34.7. The molecule has 1 aliphatic heterocycles. The highest BCUT2D eigenvalue weighted by Gasteiger charge is 2.50. The minimum atomic E-state index is -5.60. The van der Waals surface area contributed by atoms with E-state index >= 15 is 0 Å². The van der Waals surface area contributed by atoms with Crippen LogP contribution in [-0.4, -0.2) is 151 Å². The second-order valence-electron chi connectivity index (χ2n) is 17.7. The molecule has 12 N–H and O–H groups in total. The van der Waals surface area contributed by atoms with Gasteiger partial charge in [0.1, 0.15) is 42.0 Å². The van der Waals surface area contributed by atoms with E-state index in [4.69, 9.17) is 19.5 Å². The molecule has 3 heterocycles. The lowest BCUT2D eigenvalue weighted by Gasteiger charge is -2.30. The van der Waals surface area contributed by atoms with E-state index in [-0.39, 0.29) is 65.6 Å². The van der Waals surface area contributed by atoms with Gasteiger partial charge in [0.2, 0.25) is 11.8 Å². The number of carbonyl (C=O) groups excluding carboxylic acids is 4. The summed E-state index contributed by atoms with van der Waals surface area (Å²) in [6.07, 6.45) is 10.1. The number of thioether (sulfide) groups is 1. The van der Waals surface area contributed by atoms with E-state index in [1.165, 1.54) is 13.8 Å². The maximum absolute atomic E-state index is 12.8. The van der Waals surface area contributed by atoms with Crippen LogP contribution in [0.15, 0.2) is 61.3 Å². The van der Waals surface area contributed by atoms with Crippen LogP contribution in [0.4, 0.5) is 5.82 Å². The van der Waals surface area contributed by atoms with Crippen LogP contribution >= 0.6 is 35.2 Å². The molecule has 0 spiro atoms. The number of anilines is 1. The Morgan fingerprint density at radius 2 is 1.64 bits per heavy atom. The van der Waals surface area contributed by atoms with E-state index in [0.29, 0.717) is 44.3 Å². The molecular weight excluding hydrogens is 1060 g/mol. The monoisotopic (exact) mass is 1130 g/mol. The fraction of sp³-hybridized carbons (Fsp3) is 0.605. The summed E-state index contributed by atoms with van der Waals surface area (Å²) in [6, 6.07) is 0. The number of nitrogens with zero attached hydrogens (tertiary/aromatic N) is 4. The maximum atomic E-state index is 12.8. The van der Waals surface area contributed by atoms with Gasteiger partial charge in [-0.05, 0) is 32.1 Å². The van der Waals surface area contributed by atoms with E-state index in [0.717, 1.165) is 29.0 Å². The number of rotatable bonds is 31. The maximum Gasteiger partial charge on any atom is 0.481 e. The SMILES string of the molecule is CCC(O)/C=C/C1C(O)CC(=O)C1C/C=C/C/C=C/C/C=C/CCC(=O)SCCNC(=O)CCNC(=O)C(O)C(C)(C)COP(=O)(O)OP(=O)(O)OCC1OC(n2cnc3c(N)ncnc32)C(O)C1OP(=O)(O)O.